The maximum Gasteiger partial charge on any atom is 0.336 e. The van der Waals surface area contributed by atoms with E-state index in [1.165, 1.54) is 167 Å². The molecule has 1 aromatic rings. The van der Waals surface area contributed by atoms with E-state index in [2.05, 4.69) is 34.6 Å². The second kappa shape index (κ2) is 30.3. The lowest BCUT2D eigenvalue weighted by molar-refractivity contribution is 0.295. The average Bonchev–Trinajstić information content (AvgIpc) is 3.11. The Bertz CT molecular complexity index is 1060. The fraction of sp³-hybridized carbons (Fsp3) is 0.878. The molecule has 0 radical (unpaired) electrons. The summed E-state index contributed by atoms with van der Waals surface area (Å²) in [6.07, 6.45) is 42.0. The summed E-state index contributed by atoms with van der Waals surface area (Å²) in [6, 6.07) is 2.00. The molecule has 0 fully saturated rings. The van der Waals surface area contributed by atoms with Crippen molar-refractivity contribution in [1.29, 1.82) is 0 Å². The Morgan fingerprint density at radius 1 is 0.481 bits per heavy atom. The molecular weight excluding hydrogens is 684 g/mol. The molecule has 0 heterocycles. The number of aromatic hydroxyl groups is 1. The molecule has 0 aliphatic heterocycles. The van der Waals surface area contributed by atoms with E-state index < -0.39 is 12.8 Å². The van der Waals surface area contributed by atoms with Crippen LogP contribution < -0.4 is 0 Å². The van der Waals surface area contributed by atoms with Gasteiger partial charge in [-0.25, -0.2) is 0 Å². The van der Waals surface area contributed by atoms with Gasteiger partial charge in [-0.3, -0.25) is 4.57 Å². The van der Waals surface area contributed by atoms with Crippen LogP contribution in [0, 0.1) is 13.8 Å². The van der Waals surface area contributed by atoms with Crippen LogP contribution in [-0.4, -0.2) is 14.9 Å². The molecule has 0 aromatic heterocycles. The summed E-state index contributed by atoms with van der Waals surface area (Å²) < 4.78 is 13.7. The predicted molar refractivity (Wildman–Crippen MR) is 238 cm³/mol. The summed E-state index contributed by atoms with van der Waals surface area (Å²) >= 11 is 0. The minimum absolute atomic E-state index is 0.208. The van der Waals surface area contributed by atoms with Gasteiger partial charge in [0.2, 0.25) is 0 Å². The van der Waals surface area contributed by atoms with Gasteiger partial charge in [-0.2, -0.15) is 0 Å². The highest BCUT2D eigenvalue weighted by atomic mass is 31.2. The van der Waals surface area contributed by atoms with Gasteiger partial charge >= 0.3 is 7.60 Å². The standard InChI is InChI=1S/C49H93O4P/c1-8-10-12-14-16-18-20-22-24-26-28-30-32-34-36-38-40-49(54(51,52)53,46-43(3)42-45(48(5,6)7)47(50)44(46)4)41-39-37-35-33-31-29-27-25-23-21-19-17-15-13-11-9-2/h42,50H,8-41H2,1-7H3,(H2,51,52,53). The molecule has 54 heavy (non-hydrogen) atoms. The van der Waals surface area contributed by atoms with Crippen molar-refractivity contribution >= 4 is 7.60 Å². The summed E-state index contributed by atoms with van der Waals surface area (Å²) in [7, 11) is -4.55. The molecular formula is C49H93O4P. The fourth-order valence-electron chi connectivity index (χ4n) is 9.00. The molecule has 0 saturated heterocycles. The zero-order chi connectivity index (χ0) is 40.1. The highest BCUT2D eigenvalue weighted by molar-refractivity contribution is 7.53. The number of aryl methyl sites for hydroxylation is 1. The third kappa shape index (κ3) is 21.1. The first-order chi connectivity index (χ1) is 25.8. The largest absolute Gasteiger partial charge is 0.507 e. The normalized spacial score (nSPS) is 12.6. The van der Waals surface area contributed by atoms with Crippen LogP contribution in [0.2, 0.25) is 0 Å². The molecule has 4 nitrogen and oxygen atoms in total. The molecule has 0 bridgehead atoms. The topological polar surface area (TPSA) is 77.8 Å². The second-order valence-corrected chi connectivity index (χ2v) is 20.5. The van der Waals surface area contributed by atoms with Crippen LogP contribution in [0.4, 0.5) is 0 Å². The molecule has 0 spiro atoms. The van der Waals surface area contributed by atoms with Crippen LogP contribution in [0.3, 0.4) is 0 Å². The number of rotatable bonds is 36. The predicted octanol–water partition coefficient (Wildman–Crippen LogP) is 17.0. The Morgan fingerprint density at radius 3 is 0.981 bits per heavy atom. The van der Waals surface area contributed by atoms with Crippen LogP contribution in [0.1, 0.15) is 275 Å². The van der Waals surface area contributed by atoms with Crippen molar-refractivity contribution in [1.82, 2.24) is 0 Å². The van der Waals surface area contributed by atoms with Crippen molar-refractivity contribution < 1.29 is 19.5 Å². The first-order valence-electron chi connectivity index (χ1n) is 23.7. The van der Waals surface area contributed by atoms with E-state index in [1.807, 2.05) is 19.9 Å². The average molecular weight is 777 g/mol. The molecule has 0 amide bonds. The van der Waals surface area contributed by atoms with E-state index in [0.29, 0.717) is 24.0 Å². The van der Waals surface area contributed by atoms with Gasteiger partial charge in [0.15, 0.2) is 0 Å². The van der Waals surface area contributed by atoms with Crippen molar-refractivity contribution in [2.75, 3.05) is 0 Å². The SMILES string of the molecule is CCCCCCCCCCCCCCCCCCC(CCCCCCCCCCCCCCCCCC)(c1c(C)cc(C(C)(C)C)c(O)c1C)P(=O)(O)O. The van der Waals surface area contributed by atoms with E-state index >= 15 is 0 Å². The molecule has 1 aromatic carbocycles. The van der Waals surface area contributed by atoms with Gasteiger partial charge < -0.3 is 14.9 Å². The van der Waals surface area contributed by atoms with Crippen LogP contribution in [-0.2, 0) is 15.1 Å². The number of hydrogen-bond donors (Lipinski definition) is 3. The Hall–Kier alpha value is -0.830. The Kier molecular flexibility index (Phi) is 28.7. The smallest absolute Gasteiger partial charge is 0.336 e. The highest BCUT2D eigenvalue weighted by Crippen LogP contribution is 2.64. The molecule has 3 N–H and O–H groups in total. The quantitative estimate of drug-likeness (QED) is 0.0468. The van der Waals surface area contributed by atoms with Gasteiger partial charge in [-0.15, -0.1) is 0 Å². The number of phenolic OH excluding ortho intramolecular Hbond substituents is 1. The zero-order valence-electron chi connectivity index (χ0n) is 37.3. The Labute approximate surface area is 337 Å². The minimum atomic E-state index is -4.55. The monoisotopic (exact) mass is 777 g/mol. The van der Waals surface area contributed by atoms with Gasteiger partial charge in [0.1, 0.15) is 5.75 Å². The molecule has 0 unspecified atom stereocenters. The lowest BCUT2D eigenvalue weighted by atomic mass is 9.77. The lowest BCUT2D eigenvalue weighted by Crippen LogP contribution is -2.29. The van der Waals surface area contributed by atoms with E-state index in [9.17, 15) is 19.5 Å². The second-order valence-electron chi connectivity index (χ2n) is 18.5. The Balaban J connectivity index is 2.66. The highest BCUT2D eigenvalue weighted by Gasteiger charge is 2.49. The summed E-state index contributed by atoms with van der Waals surface area (Å²) in [6.45, 7) is 14.7. The molecule has 0 aliphatic carbocycles. The van der Waals surface area contributed by atoms with Crippen molar-refractivity contribution in [3.05, 3.63) is 28.3 Å². The summed E-state index contributed by atoms with van der Waals surface area (Å²) in [5.74, 6) is 0.208. The van der Waals surface area contributed by atoms with Gasteiger partial charge in [-0.05, 0) is 54.4 Å². The van der Waals surface area contributed by atoms with Crippen LogP contribution >= 0.6 is 7.60 Å². The van der Waals surface area contributed by atoms with Gasteiger partial charge in [0.25, 0.3) is 0 Å². The Morgan fingerprint density at radius 2 is 0.741 bits per heavy atom. The number of benzene rings is 1. The van der Waals surface area contributed by atoms with Crippen molar-refractivity contribution in [3.63, 3.8) is 0 Å². The molecule has 1 rings (SSSR count). The zero-order valence-corrected chi connectivity index (χ0v) is 38.2. The van der Waals surface area contributed by atoms with Crippen molar-refractivity contribution in [2.24, 2.45) is 0 Å². The summed E-state index contributed by atoms with van der Waals surface area (Å²) in [5.41, 5.74) is 2.88. The van der Waals surface area contributed by atoms with Crippen LogP contribution in [0.15, 0.2) is 6.07 Å². The molecule has 0 atom stereocenters. The summed E-state index contributed by atoms with van der Waals surface area (Å²) in [5, 5.41) is 10.2. The van der Waals surface area contributed by atoms with E-state index in [4.69, 9.17) is 0 Å². The molecule has 5 heteroatoms. The molecule has 318 valence electrons. The third-order valence-corrected chi connectivity index (χ3v) is 14.2. The lowest BCUT2D eigenvalue weighted by Gasteiger charge is -2.39. The van der Waals surface area contributed by atoms with E-state index in [1.54, 1.807) is 0 Å². The molecule has 0 aliphatic rings. The maximum absolute atomic E-state index is 13.7. The van der Waals surface area contributed by atoms with Crippen LogP contribution in [0.25, 0.3) is 0 Å². The fourth-order valence-corrected chi connectivity index (χ4v) is 10.5. The van der Waals surface area contributed by atoms with E-state index in [0.717, 1.165) is 49.7 Å². The summed E-state index contributed by atoms with van der Waals surface area (Å²) in [4.78, 5) is 22.5. The number of hydrogen-bond acceptors (Lipinski definition) is 2. The van der Waals surface area contributed by atoms with Gasteiger partial charge in [0.05, 0.1) is 5.16 Å². The van der Waals surface area contributed by atoms with Gasteiger partial charge in [0, 0.05) is 0 Å². The first-order valence-corrected chi connectivity index (χ1v) is 25.3. The maximum atomic E-state index is 13.7. The van der Waals surface area contributed by atoms with Crippen molar-refractivity contribution in [2.45, 2.75) is 277 Å². The third-order valence-electron chi connectivity index (χ3n) is 12.5. The van der Waals surface area contributed by atoms with Gasteiger partial charge in [-0.1, -0.05) is 246 Å². The van der Waals surface area contributed by atoms with Crippen LogP contribution in [0.5, 0.6) is 5.75 Å². The minimum Gasteiger partial charge on any atom is -0.507 e. The number of unbranched alkanes of at least 4 members (excludes halogenated alkanes) is 30. The van der Waals surface area contributed by atoms with E-state index in [-0.39, 0.29) is 11.2 Å². The first kappa shape index (κ1) is 51.2. The molecule has 0 saturated carbocycles. The van der Waals surface area contributed by atoms with Crippen molar-refractivity contribution in [3.8, 4) is 5.75 Å². The number of phenols is 1.